The van der Waals surface area contributed by atoms with Crippen molar-refractivity contribution in [2.45, 2.75) is 4.90 Å². The van der Waals surface area contributed by atoms with Crippen LogP contribution >= 0.6 is 23.5 Å². The number of amides is 1. The van der Waals surface area contributed by atoms with Gasteiger partial charge in [-0.2, -0.15) is 8.75 Å². The van der Waals surface area contributed by atoms with Gasteiger partial charge in [0.15, 0.2) is 6.61 Å². The third-order valence-corrected chi connectivity index (χ3v) is 4.83. The molecule has 0 spiro atoms. The SMILES string of the molecule is CSc1ccc(C(=O)OCC(=O)Nc2cccc3nsnc23)cc1[N+](=O)[O-]. The summed E-state index contributed by atoms with van der Waals surface area (Å²) in [5.41, 5.74) is 1.46. The predicted molar refractivity (Wildman–Crippen MR) is 101 cm³/mol. The summed E-state index contributed by atoms with van der Waals surface area (Å²) in [6.45, 7) is -0.537. The Labute approximate surface area is 161 Å². The third kappa shape index (κ3) is 4.20. The molecular formula is C16H12N4O5S2. The molecule has 0 aliphatic heterocycles. The molecule has 27 heavy (non-hydrogen) atoms. The number of esters is 1. The van der Waals surface area contributed by atoms with Gasteiger partial charge in [0.2, 0.25) is 0 Å². The van der Waals surface area contributed by atoms with E-state index < -0.39 is 23.4 Å². The van der Waals surface area contributed by atoms with Gasteiger partial charge in [-0.1, -0.05) is 6.07 Å². The van der Waals surface area contributed by atoms with Gasteiger partial charge in [0, 0.05) is 6.07 Å². The number of rotatable bonds is 6. The standard InChI is InChI=1S/C16H12N4O5S2/c1-26-13-6-5-9(7-12(13)20(23)24)16(22)25-8-14(21)17-10-3-2-4-11-15(10)19-27-18-11/h2-7H,8H2,1H3,(H,17,21). The monoisotopic (exact) mass is 404 g/mol. The Bertz CT molecular complexity index is 1040. The Morgan fingerprint density at radius 3 is 2.85 bits per heavy atom. The first-order valence-corrected chi connectivity index (χ1v) is 9.46. The number of aromatic nitrogens is 2. The molecule has 0 radical (unpaired) electrons. The summed E-state index contributed by atoms with van der Waals surface area (Å²) >= 11 is 2.22. The highest BCUT2D eigenvalue weighted by Crippen LogP contribution is 2.28. The molecule has 0 unspecified atom stereocenters. The fourth-order valence-electron chi connectivity index (χ4n) is 2.27. The lowest BCUT2D eigenvalue weighted by molar-refractivity contribution is -0.387. The maximum atomic E-state index is 12.1. The average Bonchev–Trinajstić information content (AvgIpc) is 3.15. The van der Waals surface area contributed by atoms with Gasteiger partial charge in [-0.05, 0) is 30.5 Å². The quantitative estimate of drug-likeness (QED) is 0.288. The minimum absolute atomic E-state index is 0.00176. The third-order valence-electron chi connectivity index (χ3n) is 3.51. The van der Waals surface area contributed by atoms with E-state index in [1.165, 1.54) is 23.9 Å². The van der Waals surface area contributed by atoms with Gasteiger partial charge >= 0.3 is 5.97 Å². The normalized spacial score (nSPS) is 10.6. The zero-order valence-corrected chi connectivity index (χ0v) is 15.5. The van der Waals surface area contributed by atoms with Crippen molar-refractivity contribution in [1.82, 2.24) is 8.75 Å². The van der Waals surface area contributed by atoms with Gasteiger partial charge in [0.05, 0.1) is 32.8 Å². The van der Waals surface area contributed by atoms with Crippen LogP contribution in [0.3, 0.4) is 0 Å². The average molecular weight is 404 g/mol. The van der Waals surface area contributed by atoms with Crippen molar-refractivity contribution in [3.05, 3.63) is 52.1 Å². The number of anilines is 1. The molecule has 9 nitrogen and oxygen atoms in total. The summed E-state index contributed by atoms with van der Waals surface area (Å²) in [6, 6.07) is 9.16. The molecule has 0 aliphatic carbocycles. The van der Waals surface area contributed by atoms with Crippen LogP contribution in [0.5, 0.6) is 0 Å². The Balaban J connectivity index is 1.65. The zero-order valence-electron chi connectivity index (χ0n) is 13.9. The summed E-state index contributed by atoms with van der Waals surface area (Å²) in [7, 11) is 0. The fourth-order valence-corrected chi connectivity index (χ4v) is 3.36. The molecular weight excluding hydrogens is 392 g/mol. The molecule has 1 N–H and O–H groups in total. The summed E-state index contributed by atoms with van der Waals surface area (Å²) in [5, 5.41) is 13.7. The number of nitrogens with zero attached hydrogens (tertiary/aromatic N) is 3. The molecule has 138 valence electrons. The topological polar surface area (TPSA) is 124 Å². The summed E-state index contributed by atoms with van der Waals surface area (Å²) < 4.78 is 13.1. The van der Waals surface area contributed by atoms with Crippen molar-refractivity contribution in [3.8, 4) is 0 Å². The highest BCUT2D eigenvalue weighted by molar-refractivity contribution is 7.98. The van der Waals surface area contributed by atoms with Crippen molar-refractivity contribution in [1.29, 1.82) is 0 Å². The Hall–Kier alpha value is -3.05. The van der Waals surface area contributed by atoms with Crippen LogP contribution < -0.4 is 5.32 Å². The second-order valence-electron chi connectivity index (χ2n) is 5.21. The molecule has 3 rings (SSSR count). The zero-order chi connectivity index (χ0) is 19.4. The minimum Gasteiger partial charge on any atom is -0.452 e. The van der Waals surface area contributed by atoms with Gasteiger partial charge in [-0.3, -0.25) is 14.9 Å². The van der Waals surface area contributed by atoms with Crippen molar-refractivity contribution in [2.75, 3.05) is 18.2 Å². The van der Waals surface area contributed by atoms with Gasteiger partial charge < -0.3 is 10.1 Å². The van der Waals surface area contributed by atoms with E-state index in [0.29, 0.717) is 21.6 Å². The number of nitro groups is 1. The molecule has 0 bridgehead atoms. The van der Waals surface area contributed by atoms with Crippen molar-refractivity contribution in [2.24, 2.45) is 0 Å². The van der Waals surface area contributed by atoms with E-state index in [0.717, 1.165) is 17.8 Å². The molecule has 3 aromatic rings. The molecule has 2 aromatic carbocycles. The van der Waals surface area contributed by atoms with Gasteiger partial charge in [0.25, 0.3) is 11.6 Å². The van der Waals surface area contributed by atoms with E-state index in [4.69, 9.17) is 4.74 Å². The van der Waals surface area contributed by atoms with Crippen molar-refractivity contribution >= 4 is 57.8 Å². The molecule has 1 aromatic heterocycles. The number of fused-ring (bicyclic) bond motifs is 1. The number of hydrogen-bond acceptors (Lipinski definition) is 9. The number of carbonyl (C=O) groups is 2. The Kier molecular flexibility index (Phi) is 5.62. The predicted octanol–water partition coefficient (Wildman–Crippen LogP) is 3.12. The summed E-state index contributed by atoms with van der Waals surface area (Å²) in [5.74, 6) is -1.38. The first-order valence-electron chi connectivity index (χ1n) is 7.50. The van der Waals surface area contributed by atoms with Gasteiger partial charge in [-0.25, -0.2) is 4.79 Å². The molecule has 0 aliphatic rings. The number of benzene rings is 2. The van der Waals surface area contributed by atoms with E-state index in [1.807, 2.05) is 0 Å². The van der Waals surface area contributed by atoms with Crippen LogP contribution in [0.25, 0.3) is 11.0 Å². The second-order valence-corrected chi connectivity index (χ2v) is 6.58. The lowest BCUT2D eigenvalue weighted by Crippen LogP contribution is -2.21. The number of carbonyl (C=O) groups excluding carboxylic acids is 2. The Morgan fingerprint density at radius 1 is 1.30 bits per heavy atom. The molecule has 0 saturated heterocycles. The molecule has 1 amide bonds. The maximum Gasteiger partial charge on any atom is 0.338 e. The van der Waals surface area contributed by atoms with Crippen LogP contribution in [0.2, 0.25) is 0 Å². The van der Waals surface area contributed by atoms with Crippen LogP contribution in [0.15, 0.2) is 41.3 Å². The smallest absolute Gasteiger partial charge is 0.338 e. The lowest BCUT2D eigenvalue weighted by atomic mass is 10.2. The molecule has 0 saturated carbocycles. The van der Waals surface area contributed by atoms with Gasteiger partial charge in [0.1, 0.15) is 11.0 Å². The van der Waals surface area contributed by atoms with Crippen molar-refractivity contribution < 1.29 is 19.2 Å². The van der Waals surface area contributed by atoms with E-state index in [-0.39, 0.29) is 11.3 Å². The van der Waals surface area contributed by atoms with E-state index in [2.05, 4.69) is 14.1 Å². The fraction of sp³-hybridized carbons (Fsp3) is 0.125. The van der Waals surface area contributed by atoms with Crippen LogP contribution in [-0.4, -0.2) is 38.4 Å². The van der Waals surface area contributed by atoms with Crippen LogP contribution in [0.1, 0.15) is 10.4 Å². The summed E-state index contributed by atoms with van der Waals surface area (Å²) in [6.07, 6.45) is 1.70. The van der Waals surface area contributed by atoms with Crippen molar-refractivity contribution in [3.63, 3.8) is 0 Å². The highest BCUT2D eigenvalue weighted by Gasteiger charge is 2.19. The maximum absolute atomic E-state index is 12.1. The highest BCUT2D eigenvalue weighted by atomic mass is 32.2. The van der Waals surface area contributed by atoms with E-state index in [9.17, 15) is 19.7 Å². The molecule has 1 heterocycles. The lowest BCUT2D eigenvalue weighted by Gasteiger charge is -2.07. The summed E-state index contributed by atoms with van der Waals surface area (Å²) in [4.78, 5) is 35.1. The molecule has 11 heteroatoms. The van der Waals surface area contributed by atoms with Gasteiger partial charge in [-0.15, -0.1) is 11.8 Å². The first-order chi connectivity index (χ1) is 13.0. The molecule has 0 atom stereocenters. The second kappa shape index (κ2) is 8.10. The van der Waals surface area contributed by atoms with E-state index in [1.54, 1.807) is 24.5 Å². The number of hydrogen-bond donors (Lipinski definition) is 1. The van der Waals surface area contributed by atoms with Crippen LogP contribution in [-0.2, 0) is 9.53 Å². The number of nitro benzene ring substituents is 1. The number of nitrogens with one attached hydrogen (secondary N) is 1. The largest absolute Gasteiger partial charge is 0.452 e. The molecule has 0 fully saturated rings. The number of thioether (sulfide) groups is 1. The van der Waals surface area contributed by atoms with E-state index >= 15 is 0 Å². The number of ether oxygens (including phenoxy) is 1. The minimum atomic E-state index is -0.825. The first kappa shape index (κ1) is 18.7. The van der Waals surface area contributed by atoms with Crippen LogP contribution in [0, 0.1) is 10.1 Å². The Morgan fingerprint density at radius 2 is 2.11 bits per heavy atom. The van der Waals surface area contributed by atoms with Crippen LogP contribution in [0.4, 0.5) is 11.4 Å².